The molecule has 3 nitrogen and oxygen atoms in total. The maximum absolute atomic E-state index is 8.89. The lowest BCUT2D eigenvalue weighted by Crippen LogP contribution is -2.07. The maximum Gasteiger partial charge on any atom is 0.131 e. The summed E-state index contributed by atoms with van der Waals surface area (Å²) in [6, 6.07) is 0. The molecule has 1 heterocycles. The van der Waals surface area contributed by atoms with Crippen LogP contribution < -0.4 is 0 Å². The van der Waals surface area contributed by atoms with Gasteiger partial charge in [0.2, 0.25) is 0 Å². The van der Waals surface area contributed by atoms with E-state index in [1.54, 1.807) is 0 Å². The Morgan fingerprint density at radius 1 is 1.14 bits per heavy atom. The predicted octanol–water partition coefficient (Wildman–Crippen LogP) is 1.75. The number of aromatic nitrogens is 2. The summed E-state index contributed by atoms with van der Waals surface area (Å²) >= 11 is 0. The van der Waals surface area contributed by atoms with E-state index in [4.69, 9.17) is 5.11 Å². The van der Waals surface area contributed by atoms with Gasteiger partial charge in [0.05, 0.1) is 0 Å². The summed E-state index contributed by atoms with van der Waals surface area (Å²) in [6.45, 7) is 8.28. The van der Waals surface area contributed by atoms with Crippen LogP contribution in [0, 0.1) is 13.8 Å². The Labute approximate surface area is 85.2 Å². The summed E-state index contributed by atoms with van der Waals surface area (Å²) in [5.41, 5.74) is 3.07. The zero-order valence-electron chi connectivity index (χ0n) is 9.33. The Bertz CT molecular complexity index is 298. The Morgan fingerprint density at radius 3 is 2.00 bits per heavy atom. The zero-order chi connectivity index (χ0) is 10.7. The Kier molecular flexibility index (Phi) is 3.58. The molecule has 1 N–H and O–H groups in total. The average molecular weight is 194 g/mol. The smallest absolute Gasteiger partial charge is 0.131 e. The Morgan fingerprint density at radius 2 is 1.64 bits per heavy atom. The van der Waals surface area contributed by atoms with Crippen LogP contribution in [-0.4, -0.2) is 21.7 Å². The molecule has 0 aromatic carbocycles. The van der Waals surface area contributed by atoms with Crippen molar-refractivity contribution in [1.82, 2.24) is 9.97 Å². The topological polar surface area (TPSA) is 46.0 Å². The van der Waals surface area contributed by atoms with Gasteiger partial charge in [0, 0.05) is 23.9 Å². The van der Waals surface area contributed by atoms with Gasteiger partial charge in [0.25, 0.3) is 0 Å². The van der Waals surface area contributed by atoms with Crippen LogP contribution in [0.1, 0.15) is 42.5 Å². The van der Waals surface area contributed by atoms with E-state index in [9.17, 15) is 0 Å². The molecule has 0 radical (unpaired) electrons. The number of hydrogen-bond acceptors (Lipinski definition) is 3. The van der Waals surface area contributed by atoms with Crippen molar-refractivity contribution in [2.45, 2.75) is 40.0 Å². The molecule has 3 heteroatoms. The van der Waals surface area contributed by atoms with Crippen molar-refractivity contribution in [3.63, 3.8) is 0 Å². The van der Waals surface area contributed by atoms with Crippen LogP contribution in [0.25, 0.3) is 0 Å². The van der Waals surface area contributed by atoms with Crippen molar-refractivity contribution in [1.29, 1.82) is 0 Å². The highest BCUT2D eigenvalue weighted by atomic mass is 16.2. The van der Waals surface area contributed by atoms with E-state index < -0.39 is 0 Å². The first-order valence-electron chi connectivity index (χ1n) is 5.01. The number of aliphatic hydroxyl groups excluding tert-OH is 1. The monoisotopic (exact) mass is 194 g/mol. The number of nitrogens with zero attached hydrogens (tertiary/aromatic N) is 2. The molecule has 78 valence electrons. The molecule has 0 saturated carbocycles. The molecule has 0 bridgehead atoms. The molecule has 0 saturated heterocycles. The van der Waals surface area contributed by atoms with Crippen LogP contribution in [0.3, 0.4) is 0 Å². The minimum atomic E-state index is 0.159. The van der Waals surface area contributed by atoms with Crippen molar-refractivity contribution in [2.75, 3.05) is 6.61 Å². The predicted molar refractivity (Wildman–Crippen MR) is 56.4 cm³/mol. The molecule has 0 aliphatic rings. The first-order valence-corrected chi connectivity index (χ1v) is 5.01. The van der Waals surface area contributed by atoms with Gasteiger partial charge >= 0.3 is 0 Å². The third-order valence-corrected chi connectivity index (χ3v) is 2.32. The molecule has 1 rings (SSSR count). The van der Waals surface area contributed by atoms with Crippen LogP contribution >= 0.6 is 0 Å². The van der Waals surface area contributed by atoms with Crippen LogP contribution in [0.5, 0.6) is 0 Å². The molecule has 1 aromatic heterocycles. The molecule has 0 amide bonds. The van der Waals surface area contributed by atoms with Gasteiger partial charge in [0.15, 0.2) is 0 Å². The van der Waals surface area contributed by atoms with Crippen molar-refractivity contribution in [3.8, 4) is 0 Å². The van der Waals surface area contributed by atoms with Gasteiger partial charge in [-0.25, -0.2) is 9.97 Å². The van der Waals surface area contributed by atoms with E-state index in [1.165, 1.54) is 0 Å². The number of rotatable bonds is 3. The fourth-order valence-corrected chi connectivity index (χ4v) is 1.50. The van der Waals surface area contributed by atoms with E-state index in [-0.39, 0.29) is 6.61 Å². The second-order valence-electron chi connectivity index (χ2n) is 3.86. The minimum absolute atomic E-state index is 0.159. The maximum atomic E-state index is 8.89. The largest absolute Gasteiger partial charge is 0.396 e. The Hall–Kier alpha value is -0.960. The first kappa shape index (κ1) is 11.1. The van der Waals surface area contributed by atoms with Crippen molar-refractivity contribution in [3.05, 3.63) is 22.8 Å². The lowest BCUT2D eigenvalue weighted by molar-refractivity contribution is 0.298. The van der Waals surface area contributed by atoms with E-state index in [0.29, 0.717) is 12.3 Å². The number of aryl methyl sites for hydroxylation is 2. The van der Waals surface area contributed by atoms with Crippen LogP contribution in [-0.2, 0) is 6.42 Å². The van der Waals surface area contributed by atoms with Crippen LogP contribution in [0.4, 0.5) is 0 Å². The Balaban J connectivity index is 3.11. The third kappa shape index (κ3) is 2.29. The SMILES string of the molecule is Cc1nc(C(C)C)nc(C)c1CCO. The lowest BCUT2D eigenvalue weighted by atomic mass is 10.1. The summed E-state index contributed by atoms with van der Waals surface area (Å²) in [7, 11) is 0. The standard InChI is InChI=1S/C11H18N2O/c1-7(2)11-12-8(3)10(5-6-14)9(4)13-11/h7,14H,5-6H2,1-4H3. The first-order chi connectivity index (χ1) is 6.56. The van der Waals surface area contributed by atoms with Crippen molar-refractivity contribution >= 4 is 0 Å². The van der Waals surface area contributed by atoms with Gasteiger partial charge in [0.1, 0.15) is 5.82 Å². The third-order valence-electron chi connectivity index (χ3n) is 2.32. The van der Waals surface area contributed by atoms with Crippen LogP contribution in [0.15, 0.2) is 0 Å². The van der Waals surface area contributed by atoms with Gasteiger partial charge in [-0.3, -0.25) is 0 Å². The van der Waals surface area contributed by atoms with E-state index in [2.05, 4.69) is 23.8 Å². The zero-order valence-corrected chi connectivity index (χ0v) is 9.33. The summed E-state index contributed by atoms with van der Waals surface area (Å²) < 4.78 is 0. The van der Waals surface area contributed by atoms with Gasteiger partial charge in [-0.1, -0.05) is 13.8 Å². The quantitative estimate of drug-likeness (QED) is 0.797. The van der Waals surface area contributed by atoms with Gasteiger partial charge in [-0.05, 0) is 25.8 Å². The lowest BCUT2D eigenvalue weighted by Gasteiger charge is -2.11. The fraction of sp³-hybridized carbons (Fsp3) is 0.636. The molecule has 0 spiro atoms. The van der Waals surface area contributed by atoms with E-state index >= 15 is 0 Å². The summed E-state index contributed by atoms with van der Waals surface area (Å²) in [4.78, 5) is 8.86. The molecular weight excluding hydrogens is 176 g/mol. The number of hydrogen-bond donors (Lipinski definition) is 1. The normalized spacial score (nSPS) is 11.0. The molecular formula is C11H18N2O. The molecule has 14 heavy (non-hydrogen) atoms. The second kappa shape index (κ2) is 4.51. The summed E-state index contributed by atoms with van der Waals surface area (Å²) in [6.07, 6.45) is 0.649. The van der Waals surface area contributed by atoms with E-state index in [1.807, 2.05) is 13.8 Å². The molecule has 0 aliphatic carbocycles. The highest BCUT2D eigenvalue weighted by molar-refractivity contribution is 5.25. The highest BCUT2D eigenvalue weighted by Crippen LogP contribution is 2.15. The average Bonchev–Trinajstić information content (AvgIpc) is 2.10. The highest BCUT2D eigenvalue weighted by Gasteiger charge is 2.09. The van der Waals surface area contributed by atoms with Crippen molar-refractivity contribution < 1.29 is 5.11 Å². The molecule has 0 atom stereocenters. The van der Waals surface area contributed by atoms with Crippen LogP contribution in [0.2, 0.25) is 0 Å². The fourth-order valence-electron chi connectivity index (χ4n) is 1.50. The molecule has 0 unspecified atom stereocenters. The van der Waals surface area contributed by atoms with E-state index in [0.717, 1.165) is 22.8 Å². The number of aliphatic hydroxyl groups is 1. The second-order valence-corrected chi connectivity index (χ2v) is 3.86. The molecule has 0 fully saturated rings. The van der Waals surface area contributed by atoms with Gasteiger partial charge in [-0.15, -0.1) is 0 Å². The molecule has 0 aliphatic heterocycles. The minimum Gasteiger partial charge on any atom is -0.396 e. The van der Waals surface area contributed by atoms with Gasteiger partial charge in [-0.2, -0.15) is 0 Å². The van der Waals surface area contributed by atoms with Gasteiger partial charge < -0.3 is 5.11 Å². The van der Waals surface area contributed by atoms with Crippen molar-refractivity contribution in [2.24, 2.45) is 0 Å². The molecule has 1 aromatic rings. The summed E-state index contributed by atoms with van der Waals surface area (Å²) in [5.74, 6) is 1.25. The summed E-state index contributed by atoms with van der Waals surface area (Å²) in [5, 5.41) is 8.89.